The summed E-state index contributed by atoms with van der Waals surface area (Å²) in [4.78, 5) is 2.81. The first kappa shape index (κ1) is 15.1. The van der Waals surface area contributed by atoms with Crippen molar-refractivity contribution in [1.82, 2.24) is 14.7 Å². The molecule has 102 valence electrons. The van der Waals surface area contributed by atoms with Gasteiger partial charge in [0.15, 0.2) is 0 Å². The van der Waals surface area contributed by atoms with Crippen LogP contribution in [0.5, 0.6) is 0 Å². The smallest absolute Gasteiger partial charge is 0.0870 e. The number of aryl methyl sites for hydroxylation is 2. The Morgan fingerprint density at radius 1 is 1.50 bits per heavy atom. The minimum atomic E-state index is 0.414. The van der Waals surface area contributed by atoms with E-state index in [1.807, 2.05) is 0 Å². The first-order valence-corrected chi connectivity index (χ1v) is 6.96. The van der Waals surface area contributed by atoms with Crippen LogP contribution in [0.3, 0.4) is 0 Å². The summed E-state index contributed by atoms with van der Waals surface area (Å²) < 4.78 is 2.06. The Balaban J connectivity index is 2.85. The average Bonchev–Trinajstić information content (AvgIpc) is 2.69. The summed E-state index contributed by atoms with van der Waals surface area (Å²) in [6, 6.07) is 2.59. The average molecular weight is 268 g/mol. The van der Waals surface area contributed by atoms with E-state index in [0.29, 0.717) is 17.6 Å². The molecule has 0 fully saturated rings. The monoisotopic (exact) mass is 268 g/mol. The molecule has 0 saturated heterocycles. The highest BCUT2D eigenvalue weighted by Gasteiger charge is 2.14. The normalized spacial score (nSPS) is 11.4. The molecule has 0 atom stereocenters. The van der Waals surface area contributed by atoms with Crippen LogP contribution < -0.4 is 5.73 Å². The summed E-state index contributed by atoms with van der Waals surface area (Å²) in [7, 11) is 0. The number of hydrogen-bond donors (Lipinski definition) is 1. The third-order valence-electron chi connectivity index (χ3n) is 3.03. The zero-order valence-corrected chi connectivity index (χ0v) is 12.6. The molecule has 0 aliphatic heterocycles. The van der Waals surface area contributed by atoms with Gasteiger partial charge in [-0.3, -0.25) is 9.58 Å². The molecule has 4 nitrogen and oxygen atoms in total. The lowest BCUT2D eigenvalue weighted by atomic mass is 10.2. The molecule has 5 heteroatoms. The van der Waals surface area contributed by atoms with E-state index in [4.69, 9.17) is 18.0 Å². The highest BCUT2D eigenvalue weighted by molar-refractivity contribution is 7.80. The highest BCUT2D eigenvalue weighted by atomic mass is 32.1. The van der Waals surface area contributed by atoms with Crippen LogP contribution in [0.15, 0.2) is 6.07 Å². The Morgan fingerprint density at radius 3 is 2.61 bits per heavy atom. The van der Waals surface area contributed by atoms with Gasteiger partial charge in [0.1, 0.15) is 0 Å². The minimum absolute atomic E-state index is 0.414. The van der Waals surface area contributed by atoms with Gasteiger partial charge in [0, 0.05) is 25.7 Å². The van der Waals surface area contributed by atoms with E-state index in [1.165, 1.54) is 5.69 Å². The quantitative estimate of drug-likeness (QED) is 0.768. The van der Waals surface area contributed by atoms with Crippen LogP contribution in [0.2, 0.25) is 0 Å². The van der Waals surface area contributed by atoms with Crippen molar-refractivity contribution in [1.29, 1.82) is 0 Å². The number of aromatic nitrogens is 2. The molecule has 18 heavy (non-hydrogen) atoms. The molecule has 1 aromatic heterocycles. The maximum absolute atomic E-state index is 5.65. The second-order valence-electron chi connectivity index (χ2n) is 4.76. The molecule has 0 unspecified atom stereocenters. The Morgan fingerprint density at radius 2 is 2.17 bits per heavy atom. The first-order valence-electron chi connectivity index (χ1n) is 6.55. The molecule has 0 aliphatic carbocycles. The molecular weight excluding hydrogens is 244 g/mol. The van der Waals surface area contributed by atoms with Crippen LogP contribution in [0, 0.1) is 0 Å². The zero-order valence-electron chi connectivity index (χ0n) is 11.8. The lowest BCUT2D eigenvalue weighted by Crippen LogP contribution is -2.37. The summed E-state index contributed by atoms with van der Waals surface area (Å²) in [6.07, 6.45) is 0.969. The maximum Gasteiger partial charge on any atom is 0.0870 e. The molecule has 0 amide bonds. The van der Waals surface area contributed by atoms with Crippen molar-refractivity contribution in [3.63, 3.8) is 0 Å². The second-order valence-corrected chi connectivity index (χ2v) is 5.29. The van der Waals surface area contributed by atoms with Gasteiger partial charge >= 0.3 is 0 Å². The van der Waals surface area contributed by atoms with E-state index >= 15 is 0 Å². The van der Waals surface area contributed by atoms with Crippen LogP contribution in [0.25, 0.3) is 0 Å². The van der Waals surface area contributed by atoms with Gasteiger partial charge in [-0.1, -0.05) is 19.1 Å². The zero-order chi connectivity index (χ0) is 13.7. The molecule has 0 aromatic carbocycles. The third-order valence-corrected chi connectivity index (χ3v) is 3.16. The summed E-state index contributed by atoms with van der Waals surface area (Å²) in [6.45, 7) is 11.0. The van der Waals surface area contributed by atoms with E-state index in [9.17, 15) is 0 Å². The Hall–Kier alpha value is -0.940. The van der Waals surface area contributed by atoms with Crippen molar-refractivity contribution in [2.75, 3.05) is 6.54 Å². The maximum atomic E-state index is 5.65. The predicted octanol–water partition coefficient (Wildman–Crippen LogP) is 1.96. The van der Waals surface area contributed by atoms with Crippen molar-refractivity contribution < 1.29 is 0 Å². The fraction of sp³-hybridized carbons (Fsp3) is 0.692. The van der Waals surface area contributed by atoms with Crippen LogP contribution in [0.4, 0.5) is 0 Å². The molecule has 2 N–H and O–H groups in total. The van der Waals surface area contributed by atoms with Crippen molar-refractivity contribution in [2.45, 2.75) is 53.2 Å². The summed E-state index contributed by atoms with van der Waals surface area (Å²) >= 11 is 5.01. The number of nitrogens with two attached hydrogens (primary N) is 1. The van der Waals surface area contributed by atoms with Gasteiger partial charge in [-0.15, -0.1) is 0 Å². The van der Waals surface area contributed by atoms with Crippen molar-refractivity contribution in [3.8, 4) is 0 Å². The summed E-state index contributed by atoms with van der Waals surface area (Å²) in [5.41, 5.74) is 8.03. The fourth-order valence-electron chi connectivity index (χ4n) is 1.92. The molecule has 1 rings (SSSR count). The number of rotatable bonds is 7. The SMILES string of the molecule is CCc1cc(CN(CC(N)=S)C(C)C)n(CC)n1. The highest BCUT2D eigenvalue weighted by Crippen LogP contribution is 2.11. The van der Waals surface area contributed by atoms with Crippen molar-refractivity contribution in [2.24, 2.45) is 5.73 Å². The molecule has 0 saturated carbocycles. The van der Waals surface area contributed by atoms with E-state index in [-0.39, 0.29) is 0 Å². The molecule has 1 heterocycles. The van der Waals surface area contributed by atoms with Crippen LogP contribution >= 0.6 is 12.2 Å². The predicted molar refractivity (Wildman–Crippen MR) is 79.6 cm³/mol. The van der Waals surface area contributed by atoms with Crippen LogP contribution in [-0.4, -0.2) is 32.3 Å². The topological polar surface area (TPSA) is 47.1 Å². The van der Waals surface area contributed by atoms with E-state index in [1.54, 1.807) is 0 Å². The van der Waals surface area contributed by atoms with E-state index < -0.39 is 0 Å². The van der Waals surface area contributed by atoms with Gasteiger partial charge in [0.05, 0.1) is 16.4 Å². The molecule has 1 aromatic rings. The Bertz CT molecular complexity index is 398. The summed E-state index contributed by atoms with van der Waals surface area (Å²) in [5, 5.41) is 4.56. The van der Waals surface area contributed by atoms with Crippen LogP contribution in [0.1, 0.15) is 39.1 Å². The number of thiocarbonyl (C=S) groups is 1. The Labute approximate surface area is 115 Å². The van der Waals surface area contributed by atoms with Gasteiger partial charge in [-0.2, -0.15) is 5.10 Å². The number of hydrogen-bond acceptors (Lipinski definition) is 3. The number of nitrogens with zero attached hydrogens (tertiary/aromatic N) is 3. The largest absolute Gasteiger partial charge is 0.392 e. The lowest BCUT2D eigenvalue weighted by molar-refractivity contribution is 0.238. The van der Waals surface area contributed by atoms with Crippen molar-refractivity contribution >= 4 is 17.2 Å². The minimum Gasteiger partial charge on any atom is -0.392 e. The second kappa shape index (κ2) is 6.85. The van der Waals surface area contributed by atoms with Gasteiger partial charge in [-0.05, 0) is 33.3 Å². The molecular formula is C13H24N4S. The molecule has 0 radical (unpaired) electrons. The molecule has 0 bridgehead atoms. The van der Waals surface area contributed by atoms with Gasteiger partial charge < -0.3 is 5.73 Å². The van der Waals surface area contributed by atoms with E-state index in [2.05, 4.69) is 48.4 Å². The van der Waals surface area contributed by atoms with Crippen molar-refractivity contribution in [3.05, 3.63) is 17.5 Å². The standard InChI is InChI=1S/C13H24N4S/c1-5-11-7-12(17(6-2)15-11)8-16(10(3)4)9-13(14)18/h7,10H,5-6,8-9H2,1-4H3,(H2,14,18). The van der Waals surface area contributed by atoms with E-state index in [0.717, 1.165) is 25.2 Å². The first-order chi connectivity index (χ1) is 8.47. The van der Waals surface area contributed by atoms with Gasteiger partial charge in [-0.25, -0.2) is 0 Å². The van der Waals surface area contributed by atoms with Crippen LogP contribution in [-0.2, 0) is 19.5 Å². The van der Waals surface area contributed by atoms with Gasteiger partial charge in [0.25, 0.3) is 0 Å². The molecule has 0 aliphatic rings. The Kier molecular flexibility index (Phi) is 5.75. The third kappa shape index (κ3) is 4.07. The lowest BCUT2D eigenvalue weighted by Gasteiger charge is -2.25. The summed E-state index contributed by atoms with van der Waals surface area (Å²) in [5.74, 6) is 0. The molecule has 0 spiro atoms. The van der Waals surface area contributed by atoms with Gasteiger partial charge in [0.2, 0.25) is 0 Å². The fourth-order valence-corrected chi connectivity index (χ4v) is 2.08.